The van der Waals surface area contributed by atoms with E-state index in [4.69, 9.17) is 4.74 Å². The lowest BCUT2D eigenvalue weighted by atomic mass is 10.2. The molecule has 1 rings (SSSR count). The fourth-order valence-electron chi connectivity index (χ4n) is 1.84. The van der Waals surface area contributed by atoms with Gasteiger partial charge < -0.3 is 10.1 Å². The summed E-state index contributed by atoms with van der Waals surface area (Å²) in [4.78, 5) is 22.6. The molecule has 0 bridgehead atoms. The third-order valence-electron chi connectivity index (χ3n) is 2.75. The number of hydrogen-bond acceptors (Lipinski definition) is 5. The second-order valence-corrected chi connectivity index (χ2v) is 8.06. The number of ether oxygens (including phenoxy) is 1. The zero-order chi connectivity index (χ0) is 18.4. The zero-order valence-electron chi connectivity index (χ0n) is 14.4. The van der Waals surface area contributed by atoms with E-state index in [0.717, 1.165) is 0 Å². The van der Waals surface area contributed by atoms with Crippen molar-refractivity contribution in [3.05, 3.63) is 24.3 Å². The Morgan fingerprint density at radius 2 is 1.71 bits per heavy atom. The van der Waals surface area contributed by atoms with Gasteiger partial charge in [0, 0.05) is 25.6 Å². The summed E-state index contributed by atoms with van der Waals surface area (Å²) in [5.74, 6) is -0.591. The molecule has 0 atom stereocenters. The molecule has 0 fully saturated rings. The van der Waals surface area contributed by atoms with Crippen molar-refractivity contribution >= 4 is 27.6 Å². The van der Waals surface area contributed by atoms with Crippen LogP contribution in [0.3, 0.4) is 0 Å². The number of rotatable bonds is 7. The van der Waals surface area contributed by atoms with Gasteiger partial charge in [0.05, 0.1) is 4.90 Å². The number of carbonyl (C=O) groups is 2. The molecule has 2 N–H and O–H groups in total. The summed E-state index contributed by atoms with van der Waals surface area (Å²) < 4.78 is 31.8. The predicted octanol–water partition coefficient (Wildman–Crippen LogP) is 2.05. The Kier molecular flexibility index (Phi) is 6.92. The van der Waals surface area contributed by atoms with Gasteiger partial charge in [-0.3, -0.25) is 9.59 Å². The van der Waals surface area contributed by atoms with Crippen LogP contribution >= 0.6 is 0 Å². The van der Waals surface area contributed by atoms with Crippen molar-refractivity contribution < 1.29 is 22.7 Å². The molecule has 0 spiro atoms. The van der Waals surface area contributed by atoms with Gasteiger partial charge in [-0.15, -0.1) is 0 Å². The van der Waals surface area contributed by atoms with Gasteiger partial charge in [0.15, 0.2) is 0 Å². The van der Waals surface area contributed by atoms with Crippen molar-refractivity contribution in [3.8, 4) is 0 Å². The SMILES string of the molecule is CC(=O)Nc1ccc(S(=O)(=O)NCCCC(=O)OC(C)(C)C)cc1. The molecule has 0 aromatic heterocycles. The lowest BCUT2D eigenvalue weighted by Crippen LogP contribution is -2.27. The van der Waals surface area contributed by atoms with E-state index in [-0.39, 0.29) is 29.7 Å². The maximum atomic E-state index is 12.1. The van der Waals surface area contributed by atoms with Gasteiger partial charge >= 0.3 is 5.97 Å². The Labute approximate surface area is 142 Å². The zero-order valence-corrected chi connectivity index (χ0v) is 15.2. The average molecular weight is 356 g/mol. The van der Waals surface area contributed by atoms with E-state index in [9.17, 15) is 18.0 Å². The second-order valence-electron chi connectivity index (χ2n) is 6.29. The van der Waals surface area contributed by atoms with Crippen molar-refractivity contribution in [1.29, 1.82) is 0 Å². The first-order valence-corrected chi connectivity index (χ1v) is 9.07. The Morgan fingerprint density at radius 1 is 1.12 bits per heavy atom. The molecule has 0 saturated heterocycles. The van der Waals surface area contributed by atoms with Crippen LogP contribution in [0, 0.1) is 0 Å². The molecule has 134 valence electrons. The monoisotopic (exact) mass is 356 g/mol. The number of anilines is 1. The van der Waals surface area contributed by atoms with Crippen molar-refractivity contribution in [2.45, 2.75) is 51.0 Å². The summed E-state index contributed by atoms with van der Waals surface area (Å²) in [7, 11) is -3.65. The molecule has 8 heteroatoms. The van der Waals surface area contributed by atoms with Gasteiger partial charge in [-0.2, -0.15) is 0 Å². The van der Waals surface area contributed by atoms with E-state index in [2.05, 4.69) is 10.0 Å². The van der Waals surface area contributed by atoms with Crippen molar-refractivity contribution in [2.24, 2.45) is 0 Å². The first-order chi connectivity index (χ1) is 11.0. The van der Waals surface area contributed by atoms with E-state index in [1.165, 1.54) is 31.2 Å². The molecule has 0 saturated carbocycles. The Morgan fingerprint density at radius 3 is 2.21 bits per heavy atom. The van der Waals surface area contributed by atoms with Crippen LogP contribution in [0.25, 0.3) is 0 Å². The van der Waals surface area contributed by atoms with Crippen LogP contribution in [-0.2, 0) is 24.3 Å². The topological polar surface area (TPSA) is 102 Å². The standard InChI is InChI=1S/C16H24N2O5S/c1-12(19)18-13-7-9-14(10-8-13)24(21,22)17-11-5-6-15(20)23-16(2,3)4/h7-10,17H,5-6,11H2,1-4H3,(H,18,19). The van der Waals surface area contributed by atoms with E-state index in [1.807, 2.05) is 0 Å². The molecule has 7 nitrogen and oxygen atoms in total. The number of hydrogen-bond donors (Lipinski definition) is 2. The van der Waals surface area contributed by atoms with Gasteiger partial charge in [-0.25, -0.2) is 13.1 Å². The molecule has 0 unspecified atom stereocenters. The van der Waals surface area contributed by atoms with Crippen LogP contribution in [0.4, 0.5) is 5.69 Å². The average Bonchev–Trinajstić information content (AvgIpc) is 2.42. The highest BCUT2D eigenvalue weighted by Gasteiger charge is 2.17. The summed E-state index contributed by atoms with van der Waals surface area (Å²) >= 11 is 0. The molecule has 0 heterocycles. The second kappa shape index (κ2) is 8.25. The molecule has 0 aliphatic carbocycles. The van der Waals surface area contributed by atoms with Crippen molar-refractivity contribution in [3.63, 3.8) is 0 Å². The number of carbonyl (C=O) groups excluding carboxylic acids is 2. The summed E-state index contributed by atoms with van der Waals surface area (Å²) in [5, 5.41) is 2.56. The lowest BCUT2D eigenvalue weighted by Gasteiger charge is -2.19. The Bertz CT molecular complexity index is 675. The maximum absolute atomic E-state index is 12.1. The molecule has 0 aliphatic rings. The largest absolute Gasteiger partial charge is 0.460 e. The number of nitrogens with one attached hydrogen (secondary N) is 2. The van der Waals surface area contributed by atoms with Crippen LogP contribution < -0.4 is 10.0 Å². The Balaban J connectivity index is 2.49. The first-order valence-electron chi connectivity index (χ1n) is 7.59. The van der Waals surface area contributed by atoms with E-state index < -0.39 is 15.6 Å². The molecular formula is C16H24N2O5S. The van der Waals surface area contributed by atoms with Gasteiger partial charge in [0.2, 0.25) is 15.9 Å². The minimum Gasteiger partial charge on any atom is -0.460 e. The van der Waals surface area contributed by atoms with Gasteiger partial charge in [0.1, 0.15) is 5.60 Å². The molecule has 0 aliphatic heterocycles. The van der Waals surface area contributed by atoms with E-state index in [1.54, 1.807) is 20.8 Å². The summed E-state index contributed by atoms with van der Waals surface area (Å²) in [5.41, 5.74) is -0.0296. The van der Waals surface area contributed by atoms with E-state index in [0.29, 0.717) is 12.1 Å². The number of amides is 1. The normalized spacial score (nSPS) is 11.8. The molecule has 1 amide bonds. The smallest absolute Gasteiger partial charge is 0.306 e. The molecule has 1 aromatic rings. The summed E-state index contributed by atoms with van der Waals surface area (Å²) in [6, 6.07) is 5.83. The molecule has 1 aromatic carbocycles. The minimum atomic E-state index is -3.65. The van der Waals surface area contributed by atoms with Crippen LogP contribution in [0.15, 0.2) is 29.2 Å². The summed E-state index contributed by atoms with van der Waals surface area (Å²) in [6.45, 7) is 6.83. The third-order valence-corrected chi connectivity index (χ3v) is 4.23. The number of esters is 1. The maximum Gasteiger partial charge on any atom is 0.306 e. The molecule has 24 heavy (non-hydrogen) atoms. The van der Waals surface area contributed by atoms with Crippen molar-refractivity contribution in [2.75, 3.05) is 11.9 Å². The summed E-state index contributed by atoms with van der Waals surface area (Å²) in [6.07, 6.45) is 0.485. The third kappa shape index (κ3) is 7.56. The highest BCUT2D eigenvalue weighted by Crippen LogP contribution is 2.14. The van der Waals surface area contributed by atoms with Crippen LogP contribution in [0.1, 0.15) is 40.5 Å². The van der Waals surface area contributed by atoms with Gasteiger partial charge in [-0.1, -0.05) is 0 Å². The number of sulfonamides is 1. The molecule has 0 radical (unpaired) electrons. The quantitative estimate of drug-likeness (QED) is 0.575. The lowest BCUT2D eigenvalue weighted by molar-refractivity contribution is -0.154. The highest BCUT2D eigenvalue weighted by atomic mass is 32.2. The highest BCUT2D eigenvalue weighted by molar-refractivity contribution is 7.89. The first kappa shape index (κ1) is 20.1. The number of benzene rings is 1. The minimum absolute atomic E-state index is 0.0915. The van der Waals surface area contributed by atoms with Crippen molar-refractivity contribution in [1.82, 2.24) is 4.72 Å². The fraction of sp³-hybridized carbons (Fsp3) is 0.500. The fourth-order valence-corrected chi connectivity index (χ4v) is 2.91. The van der Waals surface area contributed by atoms with Crippen LogP contribution in [-0.4, -0.2) is 32.4 Å². The van der Waals surface area contributed by atoms with Crippen LogP contribution in [0.5, 0.6) is 0 Å². The van der Waals surface area contributed by atoms with Crippen LogP contribution in [0.2, 0.25) is 0 Å². The molecular weight excluding hydrogens is 332 g/mol. The predicted molar refractivity (Wildman–Crippen MR) is 91.0 cm³/mol. The van der Waals surface area contributed by atoms with Gasteiger partial charge in [0.25, 0.3) is 0 Å². The van der Waals surface area contributed by atoms with E-state index >= 15 is 0 Å². The Hall–Kier alpha value is -1.93. The van der Waals surface area contributed by atoms with Gasteiger partial charge in [-0.05, 0) is 51.5 Å².